The van der Waals surface area contributed by atoms with Crippen molar-refractivity contribution in [2.24, 2.45) is 0 Å². The molecule has 0 radical (unpaired) electrons. The first-order chi connectivity index (χ1) is 7.51. The van der Waals surface area contributed by atoms with Gasteiger partial charge in [0.15, 0.2) is 0 Å². The predicted octanol–water partition coefficient (Wildman–Crippen LogP) is 4.22. The molecular weight excluding hydrogens is 228 g/mol. The third-order valence-electron chi connectivity index (χ3n) is 1.99. The van der Waals surface area contributed by atoms with E-state index < -0.39 is 8.07 Å². The number of benzene rings is 1. The van der Waals surface area contributed by atoms with Crippen molar-refractivity contribution in [3.05, 3.63) is 29.8 Å². The Morgan fingerprint density at radius 1 is 1.12 bits per heavy atom. The maximum atomic E-state index is 3.39. The average Bonchev–Trinajstić information content (AvgIpc) is 2.19. The fraction of sp³-hybridized carbons (Fsp3) is 0.429. The minimum absolute atomic E-state index is 0.890. The van der Waals surface area contributed by atoms with Crippen molar-refractivity contribution in [1.29, 1.82) is 0 Å². The number of hydrogen-bond donors (Lipinski definition) is 0. The molecule has 0 unspecified atom stereocenters. The van der Waals surface area contributed by atoms with Gasteiger partial charge in [-0.2, -0.15) is 0 Å². The Balaban J connectivity index is 2.58. The van der Waals surface area contributed by atoms with Crippen molar-refractivity contribution in [2.75, 3.05) is 5.75 Å². The van der Waals surface area contributed by atoms with E-state index >= 15 is 0 Å². The molecule has 0 fully saturated rings. The van der Waals surface area contributed by atoms with Crippen molar-refractivity contribution >= 4 is 19.8 Å². The van der Waals surface area contributed by atoms with Gasteiger partial charge in [-0.05, 0) is 23.4 Å². The topological polar surface area (TPSA) is 0 Å². The molecule has 0 N–H and O–H groups in total. The van der Waals surface area contributed by atoms with Gasteiger partial charge in [0.25, 0.3) is 0 Å². The highest BCUT2D eigenvalue weighted by molar-refractivity contribution is 7.99. The van der Waals surface area contributed by atoms with E-state index in [4.69, 9.17) is 0 Å². The normalized spacial score (nSPS) is 10.8. The first-order valence-electron chi connectivity index (χ1n) is 5.73. The summed E-state index contributed by atoms with van der Waals surface area (Å²) >= 11 is 1.88. The smallest absolute Gasteiger partial charge is 0.129 e. The largest absolute Gasteiger partial charge is 0.132 e. The molecule has 0 atom stereocenters. The highest BCUT2D eigenvalue weighted by atomic mass is 32.2. The quantitative estimate of drug-likeness (QED) is 0.438. The van der Waals surface area contributed by atoms with Crippen LogP contribution in [0.4, 0.5) is 0 Å². The van der Waals surface area contributed by atoms with Crippen molar-refractivity contribution in [1.82, 2.24) is 0 Å². The minimum Gasteiger partial charge on any atom is -0.132 e. The van der Waals surface area contributed by atoms with Crippen LogP contribution in [-0.2, 0) is 6.42 Å². The molecule has 16 heavy (non-hydrogen) atoms. The second kappa shape index (κ2) is 6.17. The van der Waals surface area contributed by atoms with Gasteiger partial charge in [0.2, 0.25) is 0 Å². The van der Waals surface area contributed by atoms with Crippen LogP contribution < -0.4 is 0 Å². The summed E-state index contributed by atoms with van der Waals surface area (Å²) in [7, 11) is -1.20. The van der Waals surface area contributed by atoms with Crippen LogP contribution in [0.15, 0.2) is 29.2 Å². The molecule has 0 saturated heterocycles. The highest BCUT2D eigenvalue weighted by Gasteiger charge is 2.06. The van der Waals surface area contributed by atoms with Crippen LogP contribution in [0, 0.1) is 11.5 Å². The number of rotatable bonds is 3. The van der Waals surface area contributed by atoms with Gasteiger partial charge >= 0.3 is 0 Å². The Kier molecular flexibility index (Phi) is 5.17. The van der Waals surface area contributed by atoms with Crippen LogP contribution in [-0.4, -0.2) is 13.8 Å². The van der Waals surface area contributed by atoms with Crippen molar-refractivity contribution < 1.29 is 0 Å². The molecular formula is C14H20SSi. The lowest BCUT2D eigenvalue weighted by Gasteiger charge is -2.03. The summed E-state index contributed by atoms with van der Waals surface area (Å²) in [5, 5.41) is 0. The zero-order chi connectivity index (χ0) is 12.0. The van der Waals surface area contributed by atoms with E-state index in [0.717, 1.165) is 12.2 Å². The lowest BCUT2D eigenvalue weighted by atomic mass is 10.2. The van der Waals surface area contributed by atoms with E-state index in [1.54, 1.807) is 0 Å². The summed E-state index contributed by atoms with van der Waals surface area (Å²) in [5.41, 5.74) is 4.72. The van der Waals surface area contributed by atoms with Crippen LogP contribution in [0.25, 0.3) is 0 Å². The number of hydrogen-bond acceptors (Lipinski definition) is 1. The first-order valence-corrected chi connectivity index (χ1v) is 10.2. The predicted molar refractivity (Wildman–Crippen MR) is 77.7 cm³/mol. The molecule has 0 aromatic heterocycles. The first kappa shape index (κ1) is 13.4. The van der Waals surface area contributed by atoms with Gasteiger partial charge in [-0.25, -0.2) is 0 Å². The molecule has 0 spiro atoms. The maximum Gasteiger partial charge on any atom is 0.129 e. The Morgan fingerprint density at radius 2 is 1.75 bits per heavy atom. The van der Waals surface area contributed by atoms with Crippen LogP contribution >= 0.6 is 11.8 Å². The second-order valence-corrected chi connectivity index (χ2v) is 10.9. The summed E-state index contributed by atoms with van der Waals surface area (Å²) in [6, 6.07) is 8.77. The molecule has 0 aliphatic carbocycles. The molecule has 1 rings (SSSR count). The lowest BCUT2D eigenvalue weighted by molar-refractivity contribution is 1.28. The molecule has 0 aliphatic rings. The van der Waals surface area contributed by atoms with E-state index in [2.05, 4.69) is 62.3 Å². The molecule has 2 heteroatoms. The van der Waals surface area contributed by atoms with Crippen molar-refractivity contribution in [3.63, 3.8) is 0 Å². The number of thioether (sulfide) groups is 1. The molecule has 0 nitrogen and oxygen atoms in total. The van der Waals surface area contributed by atoms with Gasteiger partial charge in [-0.1, -0.05) is 38.7 Å². The van der Waals surface area contributed by atoms with E-state index in [1.807, 2.05) is 11.8 Å². The summed E-state index contributed by atoms with van der Waals surface area (Å²) in [5.74, 6) is 4.43. The van der Waals surface area contributed by atoms with Gasteiger partial charge < -0.3 is 0 Å². The van der Waals surface area contributed by atoms with Crippen molar-refractivity contribution in [3.8, 4) is 11.5 Å². The van der Waals surface area contributed by atoms with Gasteiger partial charge in [0, 0.05) is 11.3 Å². The average molecular weight is 248 g/mol. The van der Waals surface area contributed by atoms with Crippen LogP contribution in [0.1, 0.15) is 12.5 Å². The fourth-order valence-electron chi connectivity index (χ4n) is 1.28. The van der Waals surface area contributed by atoms with Gasteiger partial charge in [0.1, 0.15) is 8.07 Å². The summed E-state index contributed by atoms with van der Waals surface area (Å²) < 4.78 is 0. The molecule has 1 aromatic carbocycles. The summed E-state index contributed by atoms with van der Waals surface area (Å²) in [6.45, 7) is 9.01. The van der Waals surface area contributed by atoms with Crippen LogP contribution in [0.5, 0.6) is 0 Å². The SMILES string of the molecule is CCSc1ccc(CC#C[Si](C)(C)C)cc1. The molecule has 0 bridgehead atoms. The van der Waals surface area contributed by atoms with Gasteiger partial charge in [-0.3, -0.25) is 0 Å². The Hall–Kier alpha value is -0.653. The van der Waals surface area contributed by atoms with Gasteiger partial charge in [-0.15, -0.1) is 23.2 Å². The second-order valence-electron chi connectivity index (χ2n) is 4.81. The Labute approximate surface area is 105 Å². The molecule has 0 saturated carbocycles. The fourth-order valence-corrected chi connectivity index (χ4v) is 2.56. The van der Waals surface area contributed by atoms with E-state index in [9.17, 15) is 0 Å². The highest BCUT2D eigenvalue weighted by Crippen LogP contribution is 2.17. The third-order valence-corrected chi connectivity index (χ3v) is 3.81. The van der Waals surface area contributed by atoms with E-state index in [-0.39, 0.29) is 0 Å². The van der Waals surface area contributed by atoms with E-state index in [0.29, 0.717) is 0 Å². The van der Waals surface area contributed by atoms with Gasteiger partial charge in [0.05, 0.1) is 0 Å². The lowest BCUT2D eigenvalue weighted by Crippen LogP contribution is -2.16. The van der Waals surface area contributed by atoms with Crippen molar-refractivity contribution in [2.45, 2.75) is 37.9 Å². The zero-order valence-corrected chi connectivity index (χ0v) is 12.4. The summed E-state index contributed by atoms with van der Waals surface area (Å²) in [6.07, 6.45) is 0.890. The Bertz CT molecular complexity index is 376. The monoisotopic (exact) mass is 248 g/mol. The van der Waals surface area contributed by atoms with Crippen LogP contribution in [0.3, 0.4) is 0 Å². The van der Waals surface area contributed by atoms with Crippen LogP contribution in [0.2, 0.25) is 19.6 Å². The summed E-state index contributed by atoms with van der Waals surface area (Å²) in [4.78, 5) is 1.35. The molecule has 0 aliphatic heterocycles. The maximum absolute atomic E-state index is 3.39. The minimum atomic E-state index is -1.20. The Morgan fingerprint density at radius 3 is 2.25 bits per heavy atom. The zero-order valence-electron chi connectivity index (χ0n) is 10.6. The van der Waals surface area contributed by atoms with E-state index in [1.165, 1.54) is 10.5 Å². The molecule has 1 aromatic rings. The third kappa shape index (κ3) is 5.44. The standard InChI is InChI=1S/C14H20SSi/c1-5-15-14-10-8-13(9-11-14)7-6-12-16(2,3)4/h8-11H,5,7H2,1-4H3. The molecule has 0 heterocycles. The molecule has 0 amide bonds. The molecule has 86 valence electrons.